The summed E-state index contributed by atoms with van der Waals surface area (Å²) in [7, 11) is 0. The van der Waals surface area contributed by atoms with Gasteiger partial charge in [-0.15, -0.1) is 0 Å². The first kappa shape index (κ1) is 16.7. The predicted octanol–water partition coefficient (Wildman–Crippen LogP) is 2.50. The zero-order valence-electron chi connectivity index (χ0n) is 12.7. The number of nitrogens with one attached hydrogen (secondary N) is 1. The van der Waals surface area contributed by atoms with Crippen LogP contribution in [0.2, 0.25) is 0 Å². The number of esters is 2. The molecule has 0 unspecified atom stereocenters. The number of ether oxygens (including phenoxy) is 3. The maximum Gasteiger partial charge on any atom is 0.350 e. The molecule has 8 heteroatoms. The molecule has 1 aromatic carbocycles. The van der Waals surface area contributed by atoms with E-state index >= 15 is 0 Å². The number of halogens is 2. The number of hydrogen-bond acceptors (Lipinski definition) is 6. The Bertz CT molecular complexity index is 663. The second-order valence-electron chi connectivity index (χ2n) is 5.05. The fraction of sp³-hybridized carbons (Fsp3) is 0.333. The normalized spacial score (nSPS) is 16.5. The third-order valence-electron chi connectivity index (χ3n) is 2.84. The Morgan fingerprint density at radius 3 is 2.35 bits per heavy atom. The van der Waals surface area contributed by atoms with E-state index in [1.165, 1.54) is 26.0 Å². The Balaban J connectivity index is 2.22. The second-order valence-corrected chi connectivity index (χ2v) is 5.05. The Morgan fingerprint density at radius 1 is 1.17 bits per heavy atom. The predicted molar refractivity (Wildman–Crippen MR) is 75.5 cm³/mol. The lowest BCUT2D eigenvalue weighted by Crippen LogP contribution is -2.42. The van der Waals surface area contributed by atoms with Crippen molar-refractivity contribution in [3.63, 3.8) is 0 Å². The van der Waals surface area contributed by atoms with E-state index in [2.05, 4.69) is 5.32 Å². The fourth-order valence-electron chi connectivity index (χ4n) is 1.84. The van der Waals surface area contributed by atoms with Gasteiger partial charge in [-0.3, -0.25) is 0 Å². The molecule has 0 bridgehead atoms. The van der Waals surface area contributed by atoms with Crippen LogP contribution in [0.3, 0.4) is 0 Å². The molecule has 1 aromatic rings. The quantitative estimate of drug-likeness (QED) is 0.520. The molecule has 124 valence electrons. The summed E-state index contributed by atoms with van der Waals surface area (Å²) < 4.78 is 42.3. The third kappa shape index (κ3) is 3.58. The van der Waals surface area contributed by atoms with E-state index in [1.54, 1.807) is 6.92 Å². The van der Waals surface area contributed by atoms with Crippen molar-refractivity contribution in [1.29, 1.82) is 0 Å². The van der Waals surface area contributed by atoms with E-state index in [1.807, 2.05) is 0 Å². The topological polar surface area (TPSA) is 73.9 Å². The smallest absolute Gasteiger partial charge is 0.350 e. The first-order valence-corrected chi connectivity index (χ1v) is 6.79. The first-order valence-electron chi connectivity index (χ1n) is 6.79. The van der Waals surface area contributed by atoms with Crippen molar-refractivity contribution in [3.8, 4) is 5.75 Å². The second kappa shape index (κ2) is 6.23. The highest BCUT2D eigenvalue weighted by Crippen LogP contribution is 2.27. The van der Waals surface area contributed by atoms with Crippen LogP contribution in [-0.4, -0.2) is 24.3 Å². The van der Waals surface area contributed by atoms with E-state index in [0.29, 0.717) is 0 Å². The maximum absolute atomic E-state index is 13.9. The summed E-state index contributed by atoms with van der Waals surface area (Å²) in [6.45, 7) is 4.61. The van der Waals surface area contributed by atoms with Gasteiger partial charge in [-0.1, -0.05) is 0 Å². The lowest BCUT2D eigenvalue weighted by atomic mass is 10.2. The molecule has 2 rings (SSSR count). The van der Waals surface area contributed by atoms with Gasteiger partial charge >= 0.3 is 11.9 Å². The molecule has 0 aromatic heterocycles. The average molecular weight is 327 g/mol. The van der Waals surface area contributed by atoms with E-state index < -0.39 is 34.9 Å². The van der Waals surface area contributed by atoms with Gasteiger partial charge in [-0.05, 0) is 19.1 Å². The van der Waals surface area contributed by atoms with Crippen molar-refractivity contribution in [2.24, 2.45) is 0 Å². The minimum atomic E-state index is -1.37. The molecule has 1 heterocycles. The van der Waals surface area contributed by atoms with Gasteiger partial charge in [-0.25, -0.2) is 14.0 Å². The molecular formula is C15H15F2NO5. The van der Waals surface area contributed by atoms with Gasteiger partial charge in [0, 0.05) is 20.0 Å². The molecule has 1 aliphatic rings. The van der Waals surface area contributed by atoms with Crippen LogP contribution in [0.4, 0.5) is 14.5 Å². The number of anilines is 1. The van der Waals surface area contributed by atoms with Gasteiger partial charge in [0.15, 0.2) is 17.1 Å². The van der Waals surface area contributed by atoms with Crippen LogP contribution in [0.25, 0.3) is 0 Å². The largest absolute Gasteiger partial charge is 0.491 e. The zero-order chi connectivity index (χ0) is 17.2. The van der Waals surface area contributed by atoms with E-state index in [9.17, 15) is 18.4 Å². The van der Waals surface area contributed by atoms with Gasteiger partial charge in [-0.2, -0.15) is 4.39 Å². The summed E-state index contributed by atoms with van der Waals surface area (Å²) >= 11 is 0. The molecule has 0 aliphatic carbocycles. The summed E-state index contributed by atoms with van der Waals surface area (Å²) in [5, 5.41) is 2.35. The number of benzene rings is 1. The third-order valence-corrected chi connectivity index (χ3v) is 2.84. The summed E-state index contributed by atoms with van der Waals surface area (Å²) in [6.07, 6.45) is 0.901. The van der Waals surface area contributed by atoms with Crippen LogP contribution in [0.5, 0.6) is 5.75 Å². The first-order chi connectivity index (χ1) is 10.7. The van der Waals surface area contributed by atoms with Crippen molar-refractivity contribution in [1.82, 2.24) is 0 Å². The highest BCUT2D eigenvalue weighted by molar-refractivity contribution is 6.15. The molecule has 0 atom stereocenters. The van der Waals surface area contributed by atoms with Crippen LogP contribution < -0.4 is 10.1 Å². The molecule has 23 heavy (non-hydrogen) atoms. The van der Waals surface area contributed by atoms with E-state index in [4.69, 9.17) is 14.2 Å². The van der Waals surface area contributed by atoms with Crippen LogP contribution in [0.15, 0.2) is 23.9 Å². The zero-order valence-corrected chi connectivity index (χ0v) is 12.7. The molecular weight excluding hydrogens is 312 g/mol. The van der Waals surface area contributed by atoms with Crippen LogP contribution in [-0.2, 0) is 19.1 Å². The van der Waals surface area contributed by atoms with Gasteiger partial charge in [0.2, 0.25) is 5.82 Å². The van der Waals surface area contributed by atoms with Crippen LogP contribution >= 0.6 is 0 Å². The highest BCUT2D eigenvalue weighted by atomic mass is 19.2. The summed E-state index contributed by atoms with van der Waals surface area (Å²) in [5.74, 6) is -5.84. The number of rotatable bonds is 4. The minimum Gasteiger partial charge on any atom is -0.491 e. The van der Waals surface area contributed by atoms with Crippen molar-refractivity contribution >= 4 is 17.6 Å². The lowest BCUT2D eigenvalue weighted by molar-refractivity contribution is -0.222. The van der Waals surface area contributed by atoms with Crippen molar-refractivity contribution in [3.05, 3.63) is 35.5 Å². The van der Waals surface area contributed by atoms with Crippen LogP contribution in [0, 0.1) is 11.6 Å². The molecule has 0 radical (unpaired) electrons. The maximum atomic E-state index is 13.9. The number of carbonyl (C=O) groups excluding carboxylic acids is 2. The molecule has 1 N–H and O–H groups in total. The molecule has 0 spiro atoms. The lowest BCUT2D eigenvalue weighted by Gasteiger charge is -2.29. The SMILES string of the molecule is CCOc1ccc(NC=C2C(=O)OC(C)(C)OC2=O)c(F)c1F. The minimum absolute atomic E-state index is 0.181. The van der Waals surface area contributed by atoms with Gasteiger partial charge in [0.1, 0.15) is 0 Å². The summed E-state index contributed by atoms with van der Waals surface area (Å²) in [4.78, 5) is 23.4. The molecule has 1 fully saturated rings. The Labute approximate surface area is 131 Å². The number of hydrogen-bond donors (Lipinski definition) is 1. The Kier molecular flexibility index (Phi) is 4.53. The number of cyclic esters (lactones) is 2. The summed E-state index contributed by atoms with van der Waals surface area (Å²) in [5.41, 5.74) is -0.734. The average Bonchev–Trinajstić information content (AvgIpc) is 2.44. The molecule has 1 saturated heterocycles. The van der Waals surface area contributed by atoms with Gasteiger partial charge in [0.05, 0.1) is 12.3 Å². The van der Waals surface area contributed by atoms with Gasteiger partial charge in [0.25, 0.3) is 5.79 Å². The molecule has 6 nitrogen and oxygen atoms in total. The Morgan fingerprint density at radius 2 is 1.78 bits per heavy atom. The number of carbonyl (C=O) groups is 2. The van der Waals surface area contributed by atoms with Gasteiger partial charge < -0.3 is 19.5 Å². The van der Waals surface area contributed by atoms with Crippen molar-refractivity contribution < 1.29 is 32.6 Å². The fourth-order valence-corrected chi connectivity index (χ4v) is 1.84. The standard InChI is InChI=1S/C15H15F2NO5/c1-4-21-10-6-5-9(11(16)12(10)17)18-7-8-13(19)22-15(2,3)23-14(8)20/h5-7,18H,4H2,1-3H3. The summed E-state index contributed by atoms with van der Waals surface area (Å²) in [6, 6.07) is 2.44. The van der Waals surface area contributed by atoms with Crippen LogP contribution in [0.1, 0.15) is 20.8 Å². The molecule has 0 amide bonds. The molecule has 0 saturated carbocycles. The van der Waals surface area contributed by atoms with E-state index in [-0.39, 0.29) is 18.0 Å². The van der Waals surface area contributed by atoms with Crippen molar-refractivity contribution in [2.45, 2.75) is 26.6 Å². The van der Waals surface area contributed by atoms with Crippen molar-refractivity contribution in [2.75, 3.05) is 11.9 Å². The highest BCUT2D eigenvalue weighted by Gasteiger charge is 2.39. The Hall–Kier alpha value is -2.64. The van der Waals surface area contributed by atoms with E-state index in [0.717, 1.165) is 6.20 Å². The molecule has 1 aliphatic heterocycles. The monoisotopic (exact) mass is 327 g/mol.